The van der Waals surface area contributed by atoms with Crippen LogP contribution in [0.2, 0.25) is 0 Å². The third-order valence-corrected chi connectivity index (χ3v) is 6.72. The molecule has 1 fully saturated rings. The van der Waals surface area contributed by atoms with Crippen LogP contribution in [0.25, 0.3) is 11.4 Å². The molecule has 1 N–H and O–H groups in total. The number of carbonyl (C=O) groups is 1. The molecule has 0 unspecified atom stereocenters. The molecule has 1 aromatic carbocycles. The van der Waals surface area contributed by atoms with Crippen LogP contribution in [-0.4, -0.2) is 44.5 Å². The number of nitrogens with one attached hydrogen (secondary N) is 1. The smallest absolute Gasteiger partial charge is 0.230 e. The molecule has 1 amide bonds. The highest BCUT2D eigenvalue weighted by atomic mass is 32.2. The average Bonchev–Trinajstić information content (AvgIpc) is 3.25. The molecule has 0 bridgehead atoms. The van der Waals surface area contributed by atoms with Gasteiger partial charge in [-0.3, -0.25) is 4.79 Å². The van der Waals surface area contributed by atoms with Crippen molar-refractivity contribution in [2.24, 2.45) is 0 Å². The van der Waals surface area contributed by atoms with Gasteiger partial charge in [-0.05, 0) is 44.7 Å². The number of anilines is 1. The van der Waals surface area contributed by atoms with Gasteiger partial charge in [-0.1, -0.05) is 42.1 Å². The van der Waals surface area contributed by atoms with E-state index in [1.54, 1.807) is 0 Å². The van der Waals surface area contributed by atoms with Crippen LogP contribution in [-0.2, 0) is 17.9 Å². The molecular weight excluding hydrogens is 420 g/mol. The Bertz CT molecular complexity index is 1060. The predicted molar refractivity (Wildman–Crippen MR) is 129 cm³/mol. The molecule has 1 saturated heterocycles. The van der Waals surface area contributed by atoms with E-state index in [2.05, 4.69) is 55.9 Å². The minimum atomic E-state index is -0.0217. The number of carbonyl (C=O) groups excluding carboxylic acids is 1. The van der Waals surface area contributed by atoms with Gasteiger partial charge in [0.15, 0.2) is 11.0 Å². The van der Waals surface area contributed by atoms with Crippen molar-refractivity contribution in [1.82, 2.24) is 25.1 Å². The number of pyridine rings is 1. The second-order valence-corrected chi connectivity index (χ2v) is 8.91. The van der Waals surface area contributed by atoms with E-state index in [0.717, 1.165) is 53.1 Å². The summed E-state index contributed by atoms with van der Waals surface area (Å²) >= 11 is 1.42. The molecule has 1 aliphatic heterocycles. The summed E-state index contributed by atoms with van der Waals surface area (Å²) in [5.41, 5.74) is 3.29. The summed E-state index contributed by atoms with van der Waals surface area (Å²) in [5, 5.41) is 12.6. The van der Waals surface area contributed by atoms with E-state index < -0.39 is 0 Å². The monoisotopic (exact) mass is 450 g/mol. The highest BCUT2D eigenvalue weighted by molar-refractivity contribution is 7.99. The largest absolute Gasteiger partial charge is 0.356 e. The van der Waals surface area contributed by atoms with Crippen molar-refractivity contribution >= 4 is 23.5 Å². The minimum Gasteiger partial charge on any atom is -0.356 e. The standard InChI is InChI=1S/C24H30N6OS/c1-3-30-23(20-12-6-5-10-18(20)2)27-28-24(30)32-17-21(31)26-16-19-11-9-13-25-22(19)29-14-7-4-8-15-29/h5-6,9-13H,3-4,7-8,14-17H2,1-2H3,(H,26,31). The quantitative estimate of drug-likeness (QED) is 0.522. The molecule has 0 aliphatic carbocycles. The molecule has 3 aromatic rings. The van der Waals surface area contributed by atoms with Gasteiger partial charge < -0.3 is 14.8 Å². The van der Waals surface area contributed by atoms with Crippen molar-refractivity contribution < 1.29 is 4.79 Å². The fourth-order valence-electron chi connectivity index (χ4n) is 4.04. The second kappa shape index (κ2) is 10.6. The maximum absolute atomic E-state index is 12.6. The first kappa shape index (κ1) is 22.3. The Morgan fingerprint density at radius 3 is 2.69 bits per heavy atom. The van der Waals surface area contributed by atoms with Crippen LogP contribution in [0.15, 0.2) is 47.8 Å². The Labute approximate surface area is 193 Å². The molecule has 8 heteroatoms. The number of hydrogen-bond acceptors (Lipinski definition) is 6. The lowest BCUT2D eigenvalue weighted by atomic mass is 10.1. The predicted octanol–water partition coefficient (Wildman–Crippen LogP) is 4.07. The zero-order valence-electron chi connectivity index (χ0n) is 18.8. The zero-order chi connectivity index (χ0) is 22.3. The van der Waals surface area contributed by atoms with Crippen molar-refractivity contribution in [3.05, 3.63) is 53.7 Å². The highest BCUT2D eigenvalue weighted by Crippen LogP contribution is 2.26. The molecule has 0 radical (unpaired) electrons. The van der Waals surface area contributed by atoms with Gasteiger partial charge in [0.25, 0.3) is 0 Å². The topological polar surface area (TPSA) is 75.9 Å². The number of aryl methyl sites for hydroxylation is 1. The number of aromatic nitrogens is 4. The van der Waals surface area contributed by atoms with Crippen LogP contribution < -0.4 is 10.2 Å². The van der Waals surface area contributed by atoms with E-state index >= 15 is 0 Å². The number of nitrogens with zero attached hydrogens (tertiary/aromatic N) is 5. The Balaban J connectivity index is 1.37. The molecular formula is C24H30N6OS. The lowest BCUT2D eigenvalue weighted by Crippen LogP contribution is -2.32. The average molecular weight is 451 g/mol. The number of piperidine rings is 1. The van der Waals surface area contributed by atoms with Crippen molar-refractivity contribution in [2.45, 2.75) is 51.4 Å². The van der Waals surface area contributed by atoms with E-state index in [4.69, 9.17) is 0 Å². The number of amides is 1. The van der Waals surface area contributed by atoms with Crippen LogP contribution in [0.4, 0.5) is 5.82 Å². The maximum atomic E-state index is 12.6. The first-order valence-corrected chi connectivity index (χ1v) is 12.2. The summed E-state index contributed by atoms with van der Waals surface area (Å²) < 4.78 is 2.07. The number of benzene rings is 1. The molecule has 2 aromatic heterocycles. The van der Waals surface area contributed by atoms with E-state index in [-0.39, 0.29) is 5.91 Å². The van der Waals surface area contributed by atoms with Crippen molar-refractivity contribution in [1.29, 1.82) is 0 Å². The summed E-state index contributed by atoms with van der Waals surface area (Å²) in [6, 6.07) is 12.1. The molecule has 3 heterocycles. The fourth-order valence-corrected chi connectivity index (χ4v) is 4.87. The first-order valence-electron chi connectivity index (χ1n) is 11.2. The molecule has 32 heavy (non-hydrogen) atoms. The van der Waals surface area contributed by atoms with Gasteiger partial charge in [-0.25, -0.2) is 4.98 Å². The van der Waals surface area contributed by atoms with Crippen molar-refractivity contribution in [3.63, 3.8) is 0 Å². The van der Waals surface area contributed by atoms with Gasteiger partial charge in [0.05, 0.1) is 5.75 Å². The maximum Gasteiger partial charge on any atom is 0.230 e. The summed E-state index contributed by atoms with van der Waals surface area (Å²) in [6.07, 6.45) is 5.50. The third kappa shape index (κ3) is 5.12. The summed E-state index contributed by atoms with van der Waals surface area (Å²) in [7, 11) is 0. The Kier molecular flexibility index (Phi) is 7.42. The molecule has 1 aliphatic rings. The van der Waals surface area contributed by atoms with Gasteiger partial charge in [-0.15, -0.1) is 10.2 Å². The first-order chi connectivity index (χ1) is 15.7. The molecule has 0 atom stereocenters. The second-order valence-electron chi connectivity index (χ2n) is 7.96. The number of thioether (sulfide) groups is 1. The van der Waals surface area contributed by atoms with Gasteiger partial charge >= 0.3 is 0 Å². The highest BCUT2D eigenvalue weighted by Gasteiger charge is 2.18. The Hall–Kier alpha value is -2.87. The molecule has 0 spiro atoms. The van der Waals surface area contributed by atoms with E-state index in [0.29, 0.717) is 12.3 Å². The van der Waals surface area contributed by atoms with Gasteiger partial charge in [0.2, 0.25) is 5.91 Å². The number of hydrogen-bond donors (Lipinski definition) is 1. The fraction of sp³-hybridized carbons (Fsp3) is 0.417. The Morgan fingerprint density at radius 1 is 1.09 bits per heavy atom. The normalized spacial score (nSPS) is 13.9. The summed E-state index contributed by atoms with van der Waals surface area (Å²) in [5.74, 6) is 2.11. The van der Waals surface area contributed by atoms with E-state index in [9.17, 15) is 4.79 Å². The van der Waals surface area contributed by atoms with Gasteiger partial charge in [0, 0.05) is 43.5 Å². The minimum absolute atomic E-state index is 0.0217. The molecule has 4 rings (SSSR count). The zero-order valence-corrected chi connectivity index (χ0v) is 19.6. The summed E-state index contributed by atoms with van der Waals surface area (Å²) in [4.78, 5) is 19.5. The van der Waals surface area contributed by atoms with Gasteiger partial charge in [-0.2, -0.15) is 0 Å². The van der Waals surface area contributed by atoms with Crippen LogP contribution >= 0.6 is 11.8 Å². The number of rotatable bonds is 8. The van der Waals surface area contributed by atoms with Crippen LogP contribution in [0, 0.1) is 6.92 Å². The van der Waals surface area contributed by atoms with Crippen LogP contribution in [0.1, 0.15) is 37.3 Å². The van der Waals surface area contributed by atoms with Crippen LogP contribution in [0.3, 0.4) is 0 Å². The Morgan fingerprint density at radius 2 is 1.91 bits per heavy atom. The summed E-state index contributed by atoms with van der Waals surface area (Å²) in [6.45, 7) is 7.43. The molecule has 7 nitrogen and oxygen atoms in total. The third-order valence-electron chi connectivity index (χ3n) is 5.75. The SMILES string of the molecule is CCn1c(SCC(=O)NCc2cccnc2N2CCCCC2)nnc1-c1ccccc1C. The van der Waals surface area contributed by atoms with Crippen LogP contribution in [0.5, 0.6) is 0 Å². The van der Waals surface area contributed by atoms with E-state index in [1.807, 2.05) is 30.5 Å². The molecule has 168 valence electrons. The lowest BCUT2D eigenvalue weighted by Gasteiger charge is -2.29. The van der Waals surface area contributed by atoms with Crippen molar-refractivity contribution in [2.75, 3.05) is 23.7 Å². The lowest BCUT2D eigenvalue weighted by molar-refractivity contribution is -0.118. The molecule has 0 saturated carbocycles. The van der Waals surface area contributed by atoms with Gasteiger partial charge in [0.1, 0.15) is 5.82 Å². The van der Waals surface area contributed by atoms with E-state index in [1.165, 1.54) is 31.0 Å². The van der Waals surface area contributed by atoms with Crippen molar-refractivity contribution in [3.8, 4) is 11.4 Å².